The summed E-state index contributed by atoms with van der Waals surface area (Å²) in [5, 5.41) is 0. The fraction of sp³-hybridized carbons (Fsp3) is 1.00. The average molecular weight is 178 g/mol. The molecule has 11 heavy (non-hydrogen) atoms. The molecule has 0 N–H and O–H groups in total. The lowest BCUT2D eigenvalue weighted by molar-refractivity contribution is 0.0449. The van der Waals surface area contributed by atoms with Crippen molar-refractivity contribution < 1.29 is 4.74 Å². The maximum atomic E-state index is 5.64. The van der Waals surface area contributed by atoms with Gasteiger partial charge in [-0.05, 0) is 19.9 Å². The number of alkyl halides is 1. The lowest BCUT2D eigenvalue weighted by Gasteiger charge is -2.30. The zero-order valence-electron chi connectivity index (χ0n) is 7.05. The van der Waals surface area contributed by atoms with Crippen molar-refractivity contribution in [3.05, 3.63) is 0 Å². The molecule has 0 aromatic heterocycles. The molecular formula is C8H16ClNO. The maximum absolute atomic E-state index is 5.64. The third-order valence-corrected chi connectivity index (χ3v) is 2.42. The minimum absolute atomic E-state index is 0.697. The third-order valence-electron chi connectivity index (χ3n) is 2.25. The van der Waals surface area contributed by atoms with Crippen LogP contribution in [0.1, 0.15) is 12.8 Å². The van der Waals surface area contributed by atoms with Gasteiger partial charge in [-0.15, -0.1) is 11.6 Å². The van der Waals surface area contributed by atoms with Crippen molar-refractivity contribution >= 4 is 11.6 Å². The highest BCUT2D eigenvalue weighted by Gasteiger charge is 2.17. The SMILES string of the molecule is CN(CCCl)C1CCOCC1. The van der Waals surface area contributed by atoms with Gasteiger partial charge in [0.05, 0.1) is 0 Å². The van der Waals surface area contributed by atoms with E-state index in [1.807, 2.05) is 0 Å². The van der Waals surface area contributed by atoms with Gasteiger partial charge in [-0.25, -0.2) is 0 Å². The van der Waals surface area contributed by atoms with E-state index in [-0.39, 0.29) is 0 Å². The number of halogens is 1. The van der Waals surface area contributed by atoms with Crippen LogP contribution >= 0.6 is 11.6 Å². The molecule has 0 spiro atoms. The second kappa shape index (κ2) is 4.96. The zero-order chi connectivity index (χ0) is 8.10. The highest BCUT2D eigenvalue weighted by Crippen LogP contribution is 2.12. The molecule has 1 aliphatic rings. The molecule has 2 nitrogen and oxygen atoms in total. The molecule has 1 saturated heterocycles. The van der Waals surface area contributed by atoms with Gasteiger partial charge in [-0.3, -0.25) is 0 Å². The van der Waals surface area contributed by atoms with Crippen molar-refractivity contribution in [1.29, 1.82) is 0 Å². The second-order valence-electron chi connectivity index (χ2n) is 3.01. The van der Waals surface area contributed by atoms with E-state index >= 15 is 0 Å². The van der Waals surface area contributed by atoms with Crippen LogP contribution in [0.2, 0.25) is 0 Å². The summed E-state index contributed by atoms with van der Waals surface area (Å²) in [6.45, 7) is 2.82. The first-order valence-corrected chi connectivity index (χ1v) is 4.72. The van der Waals surface area contributed by atoms with E-state index in [1.54, 1.807) is 0 Å². The van der Waals surface area contributed by atoms with Crippen LogP contribution in [0.25, 0.3) is 0 Å². The van der Waals surface area contributed by atoms with Crippen LogP contribution in [0.15, 0.2) is 0 Å². The summed E-state index contributed by atoms with van der Waals surface area (Å²) in [5.74, 6) is 0.730. The van der Waals surface area contributed by atoms with E-state index < -0.39 is 0 Å². The van der Waals surface area contributed by atoms with Gasteiger partial charge in [0.2, 0.25) is 0 Å². The van der Waals surface area contributed by atoms with Crippen LogP contribution in [-0.4, -0.2) is 43.6 Å². The van der Waals surface area contributed by atoms with E-state index in [9.17, 15) is 0 Å². The second-order valence-corrected chi connectivity index (χ2v) is 3.39. The minimum Gasteiger partial charge on any atom is -0.381 e. The van der Waals surface area contributed by atoms with Crippen molar-refractivity contribution in [2.24, 2.45) is 0 Å². The Kier molecular flexibility index (Phi) is 4.20. The third kappa shape index (κ3) is 2.97. The fourth-order valence-corrected chi connectivity index (χ4v) is 1.71. The molecule has 0 aromatic rings. The maximum Gasteiger partial charge on any atom is 0.0480 e. The molecule has 0 atom stereocenters. The van der Waals surface area contributed by atoms with E-state index in [0.717, 1.165) is 38.5 Å². The predicted molar refractivity (Wildman–Crippen MR) is 47.2 cm³/mol. The van der Waals surface area contributed by atoms with Crippen LogP contribution in [0.4, 0.5) is 0 Å². The molecule has 3 heteroatoms. The summed E-state index contributed by atoms with van der Waals surface area (Å²) >= 11 is 5.64. The van der Waals surface area contributed by atoms with E-state index in [1.165, 1.54) is 0 Å². The predicted octanol–water partition coefficient (Wildman–Crippen LogP) is 1.34. The molecule has 0 amide bonds. The normalized spacial score (nSPS) is 21.0. The van der Waals surface area contributed by atoms with E-state index in [2.05, 4.69) is 11.9 Å². The van der Waals surface area contributed by atoms with Crippen LogP contribution < -0.4 is 0 Å². The Hall–Kier alpha value is 0.210. The Labute approximate surface area is 73.5 Å². The molecule has 0 saturated carbocycles. The molecule has 1 fully saturated rings. The molecule has 0 unspecified atom stereocenters. The van der Waals surface area contributed by atoms with Gasteiger partial charge in [-0.1, -0.05) is 0 Å². The molecular weight excluding hydrogens is 162 g/mol. The van der Waals surface area contributed by atoms with Gasteiger partial charge in [-0.2, -0.15) is 0 Å². The van der Waals surface area contributed by atoms with Crippen LogP contribution in [0.3, 0.4) is 0 Å². The van der Waals surface area contributed by atoms with E-state index in [4.69, 9.17) is 16.3 Å². The standard InChI is InChI=1S/C8H16ClNO/c1-10(5-4-9)8-2-6-11-7-3-8/h8H,2-7H2,1H3. The Morgan fingerprint density at radius 3 is 2.64 bits per heavy atom. The molecule has 1 rings (SSSR count). The first kappa shape index (κ1) is 9.30. The fourth-order valence-electron chi connectivity index (χ4n) is 1.44. The smallest absolute Gasteiger partial charge is 0.0480 e. The molecule has 66 valence electrons. The van der Waals surface area contributed by atoms with Gasteiger partial charge >= 0.3 is 0 Å². The number of ether oxygens (including phenoxy) is 1. The summed E-state index contributed by atoms with van der Waals surface area (Å²) in [4.78, 5) is 2.33. The Bertz CT molecular complexity index is 104. The van der Waals surface area contributed by atoms with Crippen LogP contribution in [0, 0.1) is 0 Å². The van der Waals surface area contributed by atoms with Crippen molar-refractivity contribution in [3.8, 4) is 0 Å². The molecule has 1 aliphatic heterocycles. The van der Waals surface area contributed by atoms with Gasteiger partial charge < -0.3 is 9.64 Å². The number of nitrogens with zero attached hydrogens (tertiary/aromatic N) is 1. The highest BCUT2D eigenvalue weighted by molar-refractivity contribution is 6.18. The summed E-state index contributed by atoms with van der Waals surface area (Å²) < 4.78 is 5.27. The lowest BCUT2D eigenvalue weighted by atomic mass is 10.1. The molecule has 0 bridgehead atoms. The molecule has 1 heterocycles. The minimum atomic E-state index is 0.697. The van der Waals surface area contributed by atoms with Crippen molar-refractivity contribution in [1.82, 2.24) is 4.90 Å². The number of rotatable bonds is 3. The summed E-state index contributed by atoms with van der Waals surface area (Å²) in [7, 11) is 2.14. The summed E-state index contributed by atoms with van der Waals surface area (Å²) in [5.41, 5.74) is 0. The Morgan fingerprint density at radius 1 is 1.45 bits per heavy atom. The monoisotopic (exact) mass is 177 g/mol. The Balaban J connectivity index is 2.21. The van der Waals surface area contributed by atoms with Crippen molar-refractivity contribution in [3.63, 3.8) is 0 Å². The van der Waals surface area contributed by atoms with Crippen LogP contribution in [-0.2, 0) is 4.74 Å². The largest absolute Gasteiger partial charge is 0.381 e. The first-order valence-electron chi connectivity index (χ1n) is 4.18. The topological polar surface area (TPSA) is 12.5 Å². The number of hydrogen-bond acceptors (Lipinski definition) is 2. The zero-order valence-corrected chi connectivity index (χ0v) is 7.81. The van der Waals surface area contributed by atoms with Gasteiger partial charge in [0, 0.05) is 31.7 Å². The highest BCUT2D eigenvalue weighted by atomic mass is 35.5. The van der Waals surface area contributed by atoms with Crippen molar-refractivity contribution in [2.45, 2.75) is 18.9 Å². The molecule has 0 aliphatic carbocycles. The molecule has 0 aromatic carbocycles. The first-order chi connectivity index (χ1) is 5.34. The summed E-state index contributed by atoms with van der Waals surface area (Å²) in [6.07, 6.45) is 2.32. The van der Waals surface area contributed by atoms with Crippen LogP contribution in [0.5, 0.6) is 0 Å². The van der Waals surface area contributed by atoms with Gasteiger partial charge in [0.25, 0.3) is 0 Å². The molecule has 0 radical (unpaired) electrons. The summed E-state index contributed by atoms with van der Waals surface area (Å²) in [6, 6.07) is 0.697. The van der Waals surface area contributed by atoms with E-state index in [0.29, 0.717) is 6.04 Å². The van der Waals surface area contributed by atoms with Gasteiger partial charge in [0.15, 0.2) is 0 Å². The van der Waals surface area contributed by atoms with Crippen molar-refractivity contribution in [2.75, 3.05) is 32.7 Å². The quantitative estimate of drug-likeness (QED) is 0.604. The lowest BCUT2D eigenvalue weighted by Crippen LogP contribution is -2.37. The number of hydrogen-bond donors (Lipinski definition) is 0. The van der Waals surface area contributed by atoms with Gasteiger partial charge in [0.1, 0.15) is 0 Å². The average Bonchev–Trinajstić information content (AvgIpc) is 2.07. The Morgan fingerprint density at radius 2 is 2.09 bits per heavy atom.